The molecule has 0 aromatic carbocycles. The summed E-state index contributed by atoms with van der Waals surface area (Å²) in [5.41, 5.74) is 0. The summed E-state index contributed by atoms with van der Waals surface area (Å²) in [4.78, 5) is 0. The molecule has 0 aliphatic carbocycles. The van der Waals surface area contributed by atoms with Crippen LogP contribution in [0, 0.1) is 11.8 Å². The summed E-state index contributed by atoms with van der Waals surface area (Å²) in [5, 5.41) is 8.79. The quantitative estimate of drug-likeness (QED) is 0.619. The standard InChI is InChI=1S/C10H22ClNO3S/c1-3-10(4-5-13)7-12-16(14,15)8-9(2)6-11/h9-10,12-13H,3-8H2,1-2H3. The number of hydrogen-bond donors (Lipinski definition) is 2. The fourth-order valence-electron chi connectivity index (χ4n) is 1.36. The normalized spacial score (nSPS) is 16.0. The molecule has 0 saturated carbocycles. The molecule has 0 radical (unpaired) electrons. The lowest BCUT2D eigenvalue weighted by atomic mass is 10.0. The number of aliphatic hydroxyl groups excluding tert-OH is 1. The minimum atomic E-state index is -3.23. The fourth-order valence-corrected chi connectivity index (χ4v) is 3.07. The smallest absolute Gasteiger partial charge is 0.211 e. The molecule has 0 saturated heterocycles. The first-order chi connectivity index (χ1) is 7.45. The van der Waals surface area contributed by atoms with Gasteiger partial charge in [0.15, 0.2) is 0 Å². The summed E-state index contributed by atoms with van der Waals surface area (Å²) in [7, 11) is -3.23. The molecule has 0 rings (SSSR count). The van der Waals surface area contributed by atoms with Crippen LogP contribution in [0.25, 0.3) is 0 Å². The van der Waals surface area contributed by atoms with Gasteiger partial charge >= 0.3 is 0 Å². The second-order valence-corrected chi connectivity index (χ2v) is 6.34. The van der Waals surface area contributed by atoms with E-state index in [-0.39, 0.29) is 24.2 Å². The van der Waals surface area contributed by atoms with Gasteiger partial charge in [0, 0.05) is 19.0 Å². The lowest BCUT2D eigenvalue weighted by Crippen LogP contribution is -2.33. The number of alkyl halides is 1. The number of halogens is 1. The first-order valence-electron chi connectivity index (χ1n) is 5.59. The third-order valence-corrected chi connectivity index (χ3v) is 4.62. The molecule has 2 atom stereocenters. The molecule has 2 unspecified atom stereocenters. The van der Waals surface area contributed by atoms with E-state index in [1.54, 1.807) is 6.92 Å². The Morgan fingerprint density at radius 1 is 1.44 bits per heavy atom. The third-order valence-electron chi connectivity index (χ3n) is 2.47. The van der Waals surface area contributed by atoms with Crippen LogP contribution in [0.15, 0.2) is 0 Å². The minimum Gasteiger partial charge on any atom is -0.396 e. The van der Waals surface area contributed by atoms with E-state index < -0.39 is 10.0 Å². The number of aliphatic hydroxyl groups is 1. The lowest BCUT2D eigenvalue weighted by molar-refractivity contribution is 0.254. The van der Waals surface area contributed by atoms with Crippen molar-refractivity contribution in [1.82, 2.24) is 4.72 Å². The molecular formula is C10H22ClNO3S. The molecule has 6 heteroatoms. The maximum atomic E-state index is 11.6. The topological polar surface area (TPSA) is 66.4 Å². The van der Waals surface area contributed by atoms with Crippen LogP contribution in [0.1, 0.15) is 26.7 Å². The molecule has 0 bridgehead atoms. The second-order valence-electron chi connectivity index (χ2n) is 4.18. The van der Waals surface area contributed by atoms with Gasteiger partial charge in [-0.3, -0.25) is 0 Å². The molecule has 0 spiro atoms. The maximum absolute atomic E-state index is 11.6. The molecule has 0 aliphatic heterocycles. The van der Waals surface area contributed by atoms with Gasteiger partial charge in [-0.05, 0) is 18.3 Å². The van der Waals surface area contributed by atoms with Crippen LogP contribution >= 0.6 is 11.6 Å². The second kappa shape index (κ2) is 8.28. The zero-order chi connectivity index (χ0) is 12.6. The molecule has 2 N–H and O–H groups in total. The zero-order valence-corrected chi connectivity index (χ0v) is 11.5. The molecule has 0 amide bonds. The Hall–Kier alpha value is 0.160. The van der Waals surface area contributed by atoms with Gasteiger partial charge in [0.05, 0.1) is 5.75 Å². The summed E-state index contributed by atoms with van der Waals surface area (Å²) in [5.74, 6) is 0.559. The summed E-state index contributed by atoms with van der Waals surface area (Å²) < 4.78 is 25.7. The number of hydrogen-bond acceptors (Lipinski definition) is 3. The van der Waals surface area contributed by atoms with Crippen molar-refractivity contribution in [3.63, 3.8) is 0 Å². The highest BCUT2D eigenvalue weighted by molar-refractivity contribution is 7.89. The van der Waals surface area contributed by atoms with E-state index in [4.69, 9.17) is 16.7 Å². The predicted octanol–water partition coefficient (Wildman–Crippen LogP) is 1.19. The molecule has 0 aromatic rings. The monoisotopic (exact) mass is 271 g/mol. The van der Waals surface area contributed by atoms with E-state index >= 15 is 0 Å². The molecule has 0 fully saturated rings. The highest BCUT2D eigenvalue weighted by Gasteiger charge is 2.16. The van der Waals surface area contributed by atoms with Crippen molar-refractivity contribution in [2.75, 3.05) is 24.8 Å². The first kappa shape index (κ1) is 16.2. The average molecular weight is 272 g/mol. The van der Waals surface area contributed by atoms with Crippen LogP contribution in [-0.4, -0.2) is 38.3 Å². The van der Waals surface area contributed by atoms with Gasteiger partial charge in [0.1, 0.15) is 0 Å². The van der Waals surface area contributed by atoms with Crippen LogP contribution in [0.3, 0.4) is 0 Å². The van der Waals surface area contributed by atoms with Gasteiger partial charge < -0.3 is 5.11 Å². The van der Waals surface area contributed by atoms with Gasteiger partial charge in [-0.15, -0.1) is 11.6 Å². The number of nitrogens with one attached hydrogen (secondary N) is 1. The Bertz CT molecular complexity index is 269. The Morgan fingerprint density at radius 2 is 2.06 bits per heavy atom. The van der Waals surface area contributed by atoms with Crippen molar-refractivity contribution >= 4 is 21.6 Å². The van der Waals surface area contributed by atoms with Gasteiger partial charge in [-0.25, -0.2) is 13.1 Å². The van der Waals surface area contributed by atoms with Crippen molar-refractivity contribution in [3.8, 4) is 0 Å². The zero-order valence-electron chi connectivity index (χ0n) is 9.95. The third kappa shape index (κ3) is 7.44. The largest absolute Gasteiger partial charge is 0.396 e. The van der Waals surface area contributed by atoms with Crippen LogP contribution in [0.5, 0.6) is 0 Å². The number of rotatable bonds is 9. The summed E-state index contributed by atoms with van der Waals surface area (Å²) in [6, 6.07) is 0. The fraction of sp³-hybridized carbons (Fsp3) is 1.00. The van der Waals surface area contributed by atoms with E-state index in [9.17, 15) is 8.42 Å². The summed E-state index contributed by atoms with van der Waals surface area (Å²) in [6.07, 6.45) is 1.48. The molecular weight excluding hydrogens is 250 g/mol. The molecule has 16 heavy (non-hydrogen) atoms. The first-order valence-corrected chi connectivity index (χ1v) is 7.78. The molecule has 0 aromatic heterocycles. The highest BCUT2D eigenvalue weighted by atomic mass is 35.5. The van der Waals surface area contributed by atoms with Crippen molar-refractivity contribution in [3.05, 3.63) is 0 Å². The van der Waals surface area contributed by atoms with E-state index in [1.165, 1.54) is 0 Å². The molecule has 0 heterocycles. The van der Waals surface area contributed by atoms with E-state index in [2.05, 4.69) is 4.72 Å². The van der Waals surface area contributed by atoms with Gasteiger partial charge in [0.2, 0.25) is 10.0 Å². The van der Waals surface area contributed by atoms with E-state index in [1.807, 2.05) is 6.92 Å². The Morgan fingerprint density at radius 3 is 2.50 bits per heavy atom. The maximum Gasteiger partial charge on any atom is 0.211 e. The van der Waals surface area contributed by atoms with Crippen LogP contribution in [0.4, 0.5) is 0 Å². The van der Waals surface area contributed by atoms with Crippen molar-refractivity contribution in [2.24, 2.45) is 11.8 Å². The highest BCUT2D eigenvalue weighted by Crippen LogP contribution is 2.07. The van der Waals surface area contributed by atoms with Crippen molar-refractivity contribution < 1.29 is 13.5 Å². The van der Waals surface area contributed by atoms with Crippen molar-refractivity contribution in [1.29, 1.82) is 0 Å². The van der Waals surface area contributed by atoms with Gasteiger partial charge in [-0.2, -0.15) is 0 Å². The molecule has 4 nitrogen and oxygen atoms in total. The van der Waals surface area contributed by atoms with Crippen LogP contribution < -0.4 is 4.72 Å². The van der Waals surface area contributed by atoms with Crippen LogP contribution in [-0.2, 0) is 10.0 Å². The van der Waals surface area contributed by atoms with E-state index in [0.29, 0.717) is 18.8 Å². The van der Waals surface area contributed by atoms with Crippen LogP contribution in [0.2, 0.25) is 0 Å². The molecule has 0 aliphatic rings. The Labute approximate surface area is 103 Å². The summed E-state index contributed by atoms with van der Waals surface area (Å²) >= 11 is 5.57. The molecule has 98 valence electrons. The van der Waals surface area contributed by atoms with Crippen molar-refractivity contribution in [2.45, 2.75) is 26.7 Å². The SMILES string of the molecule is CCC(CCO)CNS(=O)(=O)CC(C)CCl. The predicted molar refractivity (Wildman–Crippen MR) is 67.2 cm³/mol. The Balaban J connectivity index is 4.06. The van der Waals surface area contributed by atoms with Gasteiger partial charge in [0.25, 0.3) is 0 Å². The lowest BCUT2D eigenvalue weighted by Gasteiger charge is -2.15. The minimum absolute atomic E-state index is 0.0444. The Kier molecular flexibility index (Phi) is 8.36. The number of sulfonamides is 1. The summed E-state index contributed by atoms with van der Waals surface area (Å²) in [6.45, 7) is 4.28. The van der Waals surface area contributed by atoms with E-state index in [0.717, 1.165) is 6.42 Å². The average Bonchev–Trinajstić information content (AvgIpc) is 2.23. The van der Waals surface area contributed by atoms with Gasteiger partial charge in [-0.1, -0.05) is 20.3 Å².